The monoisotopic (exact) mass is 242 g/mol. The van der Waals surface area contributed by atoms with E-state index in [2.05, 4.69) is 20.3 Å². The van der Waals surface area contributed by atoms with E-state index in [-0.39, 0.29) is 5.56 Å². The fourth-order valence-electron chi connectivity index (χ4n) is 2.20. The molecule has 1 aliphatic rings. The van der Waals surface area contributed by atoms with Gasteiger partial charge in [0.2, 0.25) is 0 Å². The molecule has 0 unspecified atom stereocenters. The molecular formula is C13H14N4O. The van der Waals surface area contributed by atoms with E-state index in [4.69, 9.17) is 0 Å². The highest BCUT2D eigenvalue weighted by Crippen LogP contribution is 2.17. The number of nitrogens with one attached hydrogen (secondary N) is 2. The summed E-state index contributed by atoms with van der Waals surface area (Å²) in [5.41, 5.74) is 3.33. The van der Waals surface area contributed by atoms with Gasteiger partial charge >= 0.3 is 0 Å². The number of nitrogens with zero attached hydrogens (tertiary/aromatic N) is 2. The molecular weight excluding hydrogens is 228 g/mol. The lowest BCUT2D eigenvalue weighted by Gasteiger charge is -2.16. The second-order valence-electron chi connectivity index (χ2n) is 4.44. The van der Waals surface area contributed by atoms with E-state index in [0.717, 1.165) is 35.5 Å². The van der Waals surface area contributed by atoms with Gasteiger partial charge in [-0.1, -0.05) is 6.07 Å². The zero-order valence-corrected chi connectivity index (χ0v) is 10.2. The molecule has 3 heterocycles. The van der Waals surface area contributed by atoms with Crippen LogP contribution < -0.4 is 10.9 Å². The van der Waals surface area contributed by atoms with Gasteiger partial charge in [-0.3, -0.25) is 9.78 Å². The number of aromatic amines is 1. The molecule has 18 heavy (non-hydrogen) atoms. The van der Waals surface area contributed by atoms with Crippen LogP contribution in [0.4, 0.5) is 0 Å². The van der Waals surface area contributed by atoms with Crippen molar-refractivity contribution in [1.82, 2.24) is 20.3 Å². The minimum absolute atomic E-state index is 0.0627. The molecule has 5 nitrogen and oxygen atoms in total. The fraction of sp³-hybridized carbons (Fsp3) is 0.308. The van der Waals surface area contributed by atoms with Crippen molar-refractivity contribution in [3.8, 4) is 11.5 Å². The van der Waals surface area contributed by atoms with Gasteiger partial charge < -0.3 is 10.3 Å². The lowest BCUT2D eigenvalue weighted by atomic mass is 10.1. The molecule has 92 valence electrons. The quantitative estimate of drug-likeness (QED) is 0.775. The molecule has 5 heteroatoms. The second kappa shape index (κ2) is 4.34. The molecule has 0 saturated heterocycles. The summed E-state index contributed by atoms with van der Waals surface area (Å²) in [6, 6.07) is 3.84. The average Bonchev–Trinajstić information content (AvgIpc) is 2.39. The van der Waals surface area contributed by atoms with E-state index in [9.17, 15) is 4.79 Å². The Balaban J connectivity index is 2.17. The van der Waals surface area contributed by atoms with Gasteiger partial charge in [-0.05, 0) is 18.6 Å². The van der Waals surface area contributed by atoms with Crippen LogP contribution >= 0.6 is 0 Å². The first kappa shape index (κ1) is 11.1. The van der Waals surface area contributed by atoms with Crippen LogP contribution in [0.1, 0.15) is 16.8 Å². The molecule has 2 aromatic heterocycles. The molecule has 3 rings (SSSR count). The molecule has 0 amide bonds. The molecule has 0 fully saturated rings. The zero-order valence-electron chi connectivity index (χ0n) is 10.2. The van der Waals surface area contributed by atoms with Gasteiger partial charge in [0.1, 0.15) is 5.69 Å². The van der Waals surface area contributed by atoms with Crippen molar-refractivity contribution in [3.05, 3.63) is 45.5 Å². The van der Waals surface area contributed by atoms with E-state index in [1.807, 2.05) is 19.1 Å². The van der Waals surface area contributed by atoms with E-state index in [0.29, 0.717) is 12.4 Å². The van der Waals surface area contributed by atoms with Gasteiger partial charge in [-0.2, -0.15) is 0 Å². The predicted octanol–water partition coefficient (Wildman–Crippen LogP) is 0.786. The van der Waals surface area contributed by atoms with Crippen LogP contribution in [-0.4, -0.2) is 21.5 Å². The predicted molar refractivity (Wildman–Crippen MR) is 68.2 cm³/mol. The maximum absolute atomic E-state index is 12.0. The minimum Gasteiger partial charge on any atom is -0.312 e. The van der Waals surface area contributed by atoms with Crippen molar-refractivity contribution in [2.24, 2.45) is 0 Å². The van der Waals surface area contributed by atoms with Crippen LogP contribution in [0.15, 0.2) is 23.1 Å². The summed E-state index contributed by atoms with van der Waals surface area (Å²) in [5.74, 6) is 0.568. The Labute approximate surface area is 104 Å². The molecule has 0 aromatic carbocycles. The summed E-state index contributed by atoms with van der Waals surface area (Å²) in [6.45, 7) is 3.42. The van der Waals surface area contributed by atoms with Crippen molar-refractivity contribution >= 4 is 0 Å². The Morgan fingerprint density at radius 1 is 1.39 bits per heavy atom. The van der Waals surface area contributed by atoms with Gasteiger partial charge in [0.15, 0.2) is 5.82 Å². The Hall–Kier alpha value is -2.01. The maximum atomic E-state index is 12.0. The molecule has 2 N–H and O–H groups in total. The smallest absolute Gasteiger partial charge is 0.255 e. The van der Waals surface area contributed by atoms with Crippen molar-refractivity contribution in [2.45, 2.75) is 19.9 Å². The molecule has 0 atom stereocenters. The SMILES string of the molecule is Cc1cccnc1-c1nc2c(c(=O)[nH]1)CNCC2. The Bertz CT molecular complexity index is 648. The first-order chi connectivity index (χ1) is 8.75. The first-order valence-electron chi connectivity index (χ1n) is 6.00. The van der Waals surface area contributed by atoms with Crippen LogP contribution in [0.5, 0.6) is 0 Å². The van der Waals surface area contributed by atoms with Gasteiger partial charge in [0.25, 0.3) is 5.56 Å². The van der Waals surface area contributed by atoms with Gasteiger partial charge in [0, 0.05) is 25.7 Å². The van der Waals surface area contributed by atoms with E-state index in [1.165, 1.54) is 0 Å². The van der Waals surface area contributed by atoms with Crippen LogP contribution in [0, 0.1) is 6.92 Å². The van der Waals surface area contributed by atoms with E-state index >= 15 is 0 Å². The van der Waals surface area contributed by atoms with E-state index in [1.54, 1.807) is 6.20 Å². The normalized spacial score (nSPS) is 14.3. The molecule has 2 aromatic rings. The molecule has 0 spiro atoms. The summed E-state index contributed by atoms with van der Waals surface area (Å²) in [6.07, 6.45) is 2.50. The zero-order chi connectivity index (χ0) is 12.5. The Kier molecular flexibility index (Phi) is 2.68. The number of aryl methyl sites for hydroxylation is 1. The lowest BCUT2D eigenvalue weighted by Crippen LogP contribution is -2.31. The highest BCUT2D eigenvalue weighted by molar-refractivity contribution is 5.54. The van der Waals surface area contributed by atoms with Crippen molar-refractivity contribution in [1.29, 1.82) is 0 Å². The topological polar surface area (TPSA) is 70.7 Å². The van der Waals surface area contributed by atoms with Gasteiger partial charge in [-0.15, -0.1) is 0 Å². The standard InChI is InChI=1S/C13H14N4O/c1-8-3-2-5-15-11(8)12-16-10-4-6-14-7-9(10)13(18)17-12/h2-3,5,14H,4,6-7H2,1H3,(H,16,17,18). The summed E-state index contributed by atoms with van der Waals surface area (Å²) < 4.78 is 0. The summed E-state index contributed by atoms with van der Waals surface area (Å²) in [4.78, 5) is 23.7. The van der Waals surface area contributed by atoms with Crippen molar-refractivity contribution in [3.63, 3.8) is 0 Å². The van der Waals surface area contributed by atoms with E-state index < -0.39 is 0 Å². The average molecular weight is 242 g/mol. The molecule has 1 aliphatic heterocycles. The maximum Gasteiger partial charge on any atom is 0.255 e. The number of rotatable bonds is 1. The Morgan fingerprint density at radius 3 is 3.11 bits per heavy atom. The van der Waals surface area contributed by atoms with Gasteiger partial charge in [-0.25, -0.2) is 4.98 Å². The van der Waals surface area contributed by atoms with Crippen molar-refractivity contribution < 1.29 is 0 Å². The highest BCUT2D eigenvalue weighted by atomic mass is 16.1. The van der Waals surface area contributed by atoms with Gasteiger partial charge in [0.05, 0.1) is 11.3 Å². The van der Waals surface area contributed by atoms with Crippen LogP contribution in [0.2, 0.25) is 0 Å². The van der Waals surface area contributed by atoms with Crippen LogP contribution in [0.3, 0.4) is 0 Å². The van der Waals surface area contributed by atoms with Crippen molar-refractivity contribution in [2.75, 3.05) is 6.54 Å². The third-order valence-corrected chi connectivity index (χ3v) is 3.18. The second-order valence-corrected chi connectivity index (χ2v) is 4.44. The number of hydrogen-bond acceptors (Lipinski definition) is 4. The summed E-state index contributed by atoms with van der Waals surface area (Å²) in [7, 11) is 0. The summed E-state index contributed by atoms with van der Waals surface area (Å²) in [5, 5.41) is 3.18. The molecule has 0 aliphatic carbocycles. The Morgan fingerprint density at radius 2 is 2.28 bits per heavy atom. The summed E-state index contributed by atoms with van der Waals surface area (Å²) >= 11 is 0. The minimum atomic E-state index is -0.0627. The fourth-order valence-corrected chi connectivity index (χ4v) is 2.20. The number of aromatic nitrogens is 3. The third-order valence-electron chi connectivity index (χ3n) is 3.18. The number of hydrogen-bond donors (Lipinski definition) is 2. The number of pyridine rings is 1. The molecule has 0 saturated carbocycles. The largest absolute Gasteiger partial charge is 0.312 e. The third kappa shape index (κ3) is 1.82. The molecule has 0 bridgehead atoms. The first-order valence-corrected chi connectivity index (χ1v) is 6.00. The lowest BCUT2D eigenvalue weighted by molar-refractivity contribution is 0.621. The highest BCUT2D eigenvalue weighted by Gasteiger charge is 2.16. The number of H-pyrrole nitrogens is 1. The molecule has 0 radical (unpaired) electrons. The van der Waals surface area contributed by atoms with Crippen LogP contribution in [0.25, 0.3) is 11.5 Å². The van der Waals surface area contributed by atoms with Crippen LogP contribution in [-0.2, 0) is 13.0 Å². The number of fused-ring (bicyclic) bond motifs is 1.